The standard InChI is InChI=1S/C14H25ClOTe/c1-4-5-8-17(15)10-14-7-6-11(13(14,2)3)9-12(14)16-17/h11-12H,4-10H2,1-3H3. The molecular weight excluding hydrogens is 347 g/mol. The number of halogens is 1. The SMILES string of the molecule is CCCC[Te]1(Cl)CC23CCC(CC2O1)C3(C)C. The Morgan fingerprint density at radius 2 is 2.18 bits per heavy atom. The number of hydrogen-bond acceptors (Lipinski definition) is 1. The summed E-state index contributed by atoms with van der Waals surface area (Å²) in [4.78, 5) is 0. The van der Waals surface area contributed by atoms with E-state index in [-0.39, 0.29) is 0 Å². The van der Waals surface area contributed by atoms with E-state index in [9.17, 15) is 0 Å². The van der Waals surface area contributed by atoms with E-state index in [4.69, 9.17) is 12.1 Å². The molecule has 3 aliphatic rings. The Bertz CT molecular complexity index is 332. The zero-order valence-corrected chi connectivity index (χ0v) is 14.4. The third-order valence-electron chi connectivity index (χ3n) is 5.92. The Hall–Kier alpha value is 1.04. The van der Waals surface area contributed by atoms with Crippen LogP contribution in [-0.2, 0) is 3.10 Å². The molecule has 1 nitrogen and oxygen atoms in total. The summed E-state index contributed by atoms with van der Waals surface area (Å²) in [5.74, 6) is 0.905. The van der Waals surface area contributed by atoms with Gasteiger partial charge in [0.1, 0.15) is 0 Å². The molecule has 2 bridgehead atoms. The molecule has 0 aromatic rings. The van der Waals surface area contributed by atoms with Gasteiger partial charge >= 0.3 is 114 Å². The molecule has 17 heavy (non-hydrogen) atoms. The minimum atomic E-state index is -2.46. The predicted octanol–water partition coefficient (Wildman–Crippen LogP) is 4.69. The average Bonchev–Trinajstić information content (AvgIpc) is 2.76. The van der Waals surface area contributed by atoms with Crippen LogP contribution in [0.3, 0.4) is 0 Å². The molecule has 4 atom stereocenters. The van der Waals surface area contributed by atoms with Gasteiger partial charge in [-0.2, -0.15) is 0 Å². The Morgan fingerprint density at radius 1 is 1.41 bits per heavy atom. The molecule has 0 aromatic heterocycles. The van der Waals surface area contributed by atoms with Gasteiger partial charge in [-0.25, -0.2) is 0 Å². The van der Waals surface area contributed by atoms with Gasteiger partial charge in [0.2, 0.25) is 0 Å². The van der Waals surface area contributed by atoms with E-state index in [0.29, 0.717) is 16.9 Å². The molecule has 3 heteroatoms. The van der Waals surface area contributed by atoms with E-state index < -0.39 is 17.5 Å². The second-order valence-corrected chi connectivity index (χ2v) is 17.3. The summed E-state index contributed by atoms with van der Waals surface area (Å²) in [7, 11) is 6.93. The number of fused-ring (bicyclic) bond motifs is 1. The predicted molar refractivity (Wildman–Crippen MR) is 74.6 cm³/mol. The van der Waals surface area contributed by atoms with Crippen molar-refractivity contribution in [2.75, 3.05) is 0 Å². The zero-order valence-electron chi connectivity index (χ0n) is 11.3. The monoisotopic (exact) mass is 374 g/mol. The van der Waals surface area contributed by atoms with Crippen LogP contribution in [0.5, 0.6) is 0 Å². The van der Waals surface area contributed by atoms with Gasteiger partial charge in [0.25, 0.3) is 0 Å². The topological polar surface area (TPSA) is 9.23 Å². The average molecular weight is 372 g/mol. The molecule has 3 fully saturated rings. The van der Waals surface area contributed by atoms with Crippen LogP contribution >= 0.6 is 8.96 Å². The fourth-order valence-corrected chi connectivity index (χ4v) is 16.3. The van der Waals surface area contributed by atoms with Crippen LogP contribution in [0.1, 0.15) is 52.9 Å². The van der Waals surface area contributed by atoms with Gasteiger partial charge in [0.15, 0.2) is 0 Å². The van der Waals surface area contributed by atoms with Crippen LogP contribution in [0, 0.1) is 16.7 Å². The summed E-state index contributed by atoms with van der Waals surface area (Å²) in [5, 5.41) is 0. The van der Waals surface area contributed by atoms with Crippen molar-refractivity contribution in [2.45, 2.75) is 67.9 Å². The number of unbranched alkanes of at least 4 members (excludes halogenated alkanes) is 1. The molecule has 4 unspecified atom stereocenters. The van der Waals surface area contributed by atoms with Crippen molar-refractivity contribution >= 4 is 26.4 Å². The summed E-state index contributed by atoms with van der Waals surface area (Å²) < 4.78 is 9.00. The fraction of sp³-hybridized carbons (Fsp3) is 1.00. The number of hydrogen-bond donors (Lipinski definition) is 0. The molecular formula is C14H25ClOTe. The molecule has 1 saturated heterocycles. The van der Waals surface area contributed by atoms with Crippen molar-refractivity contribution in [3.8, 4) is 0 Å². The van der Waals surface area contributed by atoms with E-state index >= 15 is 0 Å². The van der Waals surface area contributed by atoms with Gasteiger partial charge < -0.3 is 0 Å². The second-order valence-electron chi connectivity index (χ2n) is 6.86. The van der Waals surface area contributed by atoms with E-state index in [2.05, 4.69) is 20.8 Å². The van der Waals surface area contributed by atoms with Crippen LogP contribution in [0.4, 0.5) is 0 Å². The first-order chi connectivity index (χ1) is 7.94. The van der Waals surface area contributed by atoms with Gasteiger partial charge in [-0.1, -0.05) is 0 Å². The van der Waals surface area contributed by atoms with Crippen LogP contribution in [-0.4, -0.2) is 23.6 Å². The summed E-state index contributed by atoms with van der Waals surface area (Å²) in [6.07, 6.45) is 7.19. The van der Waals surface area contributed by atoms with E-state index in [1.165, 1.54) is 41.0 Å². The van der Waals surface area contributed by atoms with E-state index in [0.717, 1.165) is 5.92 Å². The Kier molecular flexibility index (Phi) is 3.08. The molecule has 0 N–H and O–H groups in total. The quantitative estimate of drug-likeness (QED) is 0.653. The molecule has 1 aliphatic heterocycles. The number of rotatable bonds is 3. The molecule has 0 amide bonds. The molecule has 2 saturated carbocycles. The van der Waals surface area contributed by atoms with Crippen LogP contribution < -0.4 is 0 Å². The Labute approximate surface area is 114 Å². The van der Waals surface area contributed by atoms with Crippen LogP contribution in [0.2, 0.25) is 8.94 Å². The van der Waals surface area contributed by atoms with Crippen LogP contribution in [0.25, 0.3) is 0 Å². The van der Waals surface area contributed by atoms with E-state index in [1.807, 2.05) is 0 Å². The Balaban J connectivity index is 1.83. The minimum absolute atomic E-state index is 0.480. The normalized spacial score (nSPS) is 54.6. The summed E-state index contributed by atoms with van der Waals surface area (Å²) in [5.41, 5.74) is 0.973. The Morgan fingerprint density at radius 3 is 2.76 bits per heavy atom. The second kappa shape index (κ2) is 4.02. The van der Waals surface area contributed by atoms with Gasteiger partial charge in [0.05, 0.1) is 0 Å². The van der Waals surface area contributed by atoms with E-state index in [1.54, 1.807) is 0 Å². The third-order valence-corrected chi connectivity index (χ3v) is 15.1. The van der Waals surface area contributed by atoms with Crippen molar-refractivity contribution < 1.29 is 3.10 Å². The van der Waals surface area contributed by atoms with Crippen molar-refractivity contribution in [3.63, 3.8) is 0 Å². The van der Waals surface area contributed by atoms with Gasteiger partial charge in [-0.15, -0.1) is 0 Å². The van der Waals surface area contributed by atoms with Crippen molar-refractivity contribution in [3.05, 3.63) is 0 Å². The maximum atomic E-state index is 6.93. The van der Waals surface area contributed by atoms with Crippen molar-refractivity contribution in [1.29, 1.82) is 0 Å². The van der Waals surface area contributed by atoms with Gasteiger partial charge in [0, 0.05) is 0 Å². The summed E-state index contributed by atoms with van der Waals surface area (Å²) in [6, 6.07) is 0. The fourth-order valence-electron chi connectivity index (χ4n) is 4.58. The summed E-state index contributed by atoms with van der Waals surface area (Å²) in [6.45, 7) is 7.23. The molecule has 0 aromatic carbocycles. The first-order valence-corrected chi connectivity index (χ1v) is 14.3. The zero-order chi connectivity index (χ0) is 12.3. The maximum absolute atomic E-state index is 6.93. The van der Waals surface area contributed by atoms with Gasteiger partial charge in [-0.3, -0.25) is 0 Å². The van der Waals surface area contributed by atoms with Crippen LogP contribution in [0.15, 0.2) is 0 Å². The van der Waals surface area contributed by atoms with Crippen molar-refractivity contribution in [2.24, 2.45) is 16.7 Å². The molecule has 100 valence electrons. The first-order valence-electron chi connectivity index (χ1n) is 7.10. The molecule has 1 heterocycles. The molecule has 2 aliphatic carbocycles. The third kappa shape index (κ3) is 1.67. The first kappa shape index (κ1) is 13.0. The summed E-state index contributed by atoms with van der Waals surface area (Å²) >= 11 is -2.46. The van der Waals surface area contributed by atoms with Gasteiger partial charge in [-0.05, 0) is 0 Å². The molecule has 3 rings (SSSR count). The van der Waals surface area contributed by atoms with Crippen molar-refractivity contribution in [1.82, 2.24) is 0 Å². The molecule has 0 radical (unpaired) electrons. The molecule has 1 spiro atoms.